The average molecular weight is 513 g/mol. The number of rotatable bonds is 8. The van der Waals surface area contributed by atoms with Crippen LogP contribution in [-0.2, 0) is 27.4 Å². The van der Waals surface area contributed by atoms with Gasteiger partial charge in [-0.3, -0.25) is 19.6 Å². The molecule has 0 aliphatic carbocycles. The fraction of sp³-hybridized carbons (Fsp3) is 0.444. The molecule has 1 aliphatic rings. The van der Waals surface area contributed by atoms with Crippen molar-refractivity contribution in [3.8, 4) is 11.5 Å². The molecule has 3 rings (SSSR count). The number of fused-ring (bicyclic) bond motifs is 3. The third-order valence-corrected chi connectivity index (χ3v) is 6.11. The minimum absolute atomic E-state index is 0.229. The molecule has 3 amide bonds. The topological polar surface area (TPSA) is 138 Å². The molecular weight excluding hydrogens is 476 g/mol. The zero-order valence-corrected chi connectivity index (χ0v) is 21.4. The van der Waals surface area contributed by atoms with E-state index in [1.807, 2.05) is 12.1 Å². The van der Waals surface area contributed by atoms with E-state index in [2.05, 4.69) is 22.0 Å². The normalized spacial score (nSPS) is 15.9. The quantitative estimate of drug-likeness (QED) is 0.207. The molecule has 0 saturated carbocycles. The van der Waals surface area contributed by atoms with Crippen LogP contribution >= 0.6 is 0 Å². The Bertz CT molecular complexity index is 1090. The van der Waals surface area contributed by atoms with Gasteiger partial charge in [-0.25, -0.2) is 5.48 Å². The van der Waals surface area contributed by atoms with Gasteiger partial charge in [-0.2, -0.15) is 0 Å². The molecule has 10 nitrogen and oxygen atoms in total. The van der Waals surface area contributed by atoms with Crippen molar-refractivity contribution in [1.82, 2.24) is 10.8 Å². The highest BCUT2D eigenvalue weighted by molar-refractivity contribution is 6.02. The summed E-state index contributed by atoms with van der Waals surface area (Å²) < 4.78 is 11.6. The molecule has 37 heavy (non-hydrogen) atoms. The zero-order chi connectivity index (χ0) is 26.6. The standard InChI is InChI=1S/C27H36N4O6/c1-18(32)29-22-10-6-11-24-26(22)30-27(34)23(9-4-3-5-12-25(33)31-35)28-13-7-8-19-14-20(17-37-24)16-21(15-19)36-2/h6,10-11,14-16,23,28,35H,3-5,7-9,12-13,17H2,1-2H3,(H,29,32)(H,30,34)(H,31,33). The van der Waals surface area contributed by atoms with Gasteiger partial charge in [0.15, 0.2) is 0 Å². The molecule has 200 valence electrons. The largest absolute Gasteiger partial charge is 0.497 e. The van der Waals surface area contributed by atoms with Gasteiger partial charge in [0.1, 0.15) is 23.8 Å². The maximum atomic E-state index is 13.4. The average Bonchev–Trinajstić information content (AvgIpc) is 2.88. The van der Waals surface area contributed by atoms with Crippen LogP contribution in [0.25, 0.3) is 0 Å². The van der Waals surface area contributed by atoms with Crippen molar-refractivity contribution in [2.45, 2.75) is 64.5 Å². The Balaban J connectivity index is 1.84. The van der Waals surface area contributed by atoms with Gasteiger partial charge in [-0.15, -0.1) is 0 Å². The zero-order valence-electron chi connectivity index (χ0n) is 21.4. The Hall–Kier alpha value is -3.63. The fourth-order valence-electron chi connectivity index (χ4n) is 4.28. The third-order valence-electron chi connectivity index (χ3n) is 6.11. The number of ether oxygens (including phenoxy) is 2. The van der Waals surface area contributed by atoms with Crippen LogP contribution in [0.2, 0.25) is 0 Å². The van der Waals surface area contributed by atoms with Crippen LogP contribution in [0, 0.1) is 0 Å². The molecule has 2 aromatic rings. The summed E-state index contributed by atoms with van der Waals surface area (Å²) >= 11 is 0. The first-order valence-electron chi connectivity index (χ1n) is 12.6. The lowest BCUT2D eigenvalue weighted by atomic mass is 10.0. The van der Waals surface area contributed by atoms with Crippen molar-refractivity contribution in [3.63, 3.8) is 0 Å². The number of anilines is 2. The van der Waals surface area contributed by atoms with Crippen LogP contribution in [0.5, 0.6) is 11.5 Å². The highest BCUT2D eigenvalue weighted by Gasteiger charge is 2.22. The minimum Gasteiger partial charge on any atom is -0.497 e. The second kappa shape index (κ2) is 14.2. The van der Waals surface area contributed by atoms with Crippen molar-refractivity contribution < 1.29 is 29.1 Å². The third kappa shape index (κ3) is 8.76. The summed E-state index contributed by atoms with van der Waals surface area (Å²) in [7, 11) is 1.63. The van der Waals surface area contributed by atoms with Crippen LogP contribution in [-0.4, -0.2) is 42.6 Å². The van der Waals surface area contributed by atoms with E-state index in [0.29, 0.717) is 36.5 Å². The molecule has 1 atom stereocenters. The molecule has 1 unspecified atom stereocenters. The van der Waals surface area contributed by atoms with E-state index >= 15 is 0 Å². The van der Waals surface area contributed by atoms with E-state index in [0.717, 1.165) is 42.6 Å². The summed E-state index contributed by atoms with van der Waals surface area (Å²) in [5, 5.41) is 17.8. The van der Waals surface area contributed by atoms with E-state index in [1.165, 1.54) is 6.92 Å². The number of hydrogen-bond donors (Lipinski definition) is 5. The molecule has 2 aromatic carbocycles. The predicted octanol–water partition coefficient (Wildman–Crippen LogP) is 3.53. The fourth-order valence-corrected chi connectivity index (χ4v) is 4.28. The van der Waals surface area contributed by atoms with E-state index in [1.54, 1.807) is 30.8 Å². The van der Waals surface area contributed by atoms with Crippen molar-refractivity contribution in [3.05, 3.63) is 47.5 Å². The van der Waals surface area contributed by atoms with Gasteiger partial charge in [-0.1, -0.05) is 25.0 Å². The number of carbonyl (C=O) groups excluding carboxylic acids is 3. The number of hydroxylamine groups is 1. The number of amides is 3. The first-order chi connectivity index (χ1) is 17.9. The second-order valence-electron chi connectivity index (χ2n) is 9.07. The van der Waals surface area contributed by atoms with Crippen LogP contribution in [0.1, 0.15) is 56.6 Å². The molecule has 1 heterocycles. The Labute approximate surface area is 217 Å². The molecular formula is C27H36N4O6. The molecule has 2 bridgehead atoms. The highest BCUT2D eigenvalue weighted by Crippen LogP contribution is 2.34. The first kappa shape index (κ1) is 27.9. The maximum absolute atomic E-state index is 13.4. The molecule has 0 radical (unpaired) electrons. The lowest BCUT2D eigenvalue weighted by molar-refractivity contribution is -0.129. The van der Waals surface area contributed by atoms with Crippen molar-refractivity contribution in [1.29, 1.82) is 0 Å². The summed E-state index contributed by atoms with van der Waals surface area (Å²) in [4.78, 5) is 36.5. The Morgan fingerprint density at radius 3 is 2.73 bits per heavy atom. The van der Waals surface area contributed by atoms with Crippen molar-refractivity contribution in [2.24, 2.45) is 0 Å². The van der Waals surface area contributed by atoms with E-state index in [-0.39, 0.29) is 24.8 Å². The number of para-hydroxylation sites is 1. The molecule has 0 saturated heterocycles. The number of carbonyl (C=O) groups is 3. The Morgan fingerprint density at radius 1 is 1.16 bits per heavy atom. The molecule has 0 fully saturated rings. The number of aryl methyl sites for hydroxylation is 1. The molecule has 1 aliphatic heterocycles. The van der Waals surface area contributed by atoms with Crippen LogP contribution in [0.4, 0.5) is 11.4 Å². The van der Waals surface area contributed by atoms with Crippen molar-refractivity contribution >= 4 is 29.1 Å². The maximum Gasteiger partial charge on any atom is 0.243 e. The predicted molar refractivity (Wildman–Crippen MR) is 140 cm³/mol. The number of methoxy groups -OCH3 is 1. The van der Waals surface area contributed by atoms with E-state index in [9.17, 15) is 14.4 Å². The molecule has 5 N–H and O–H groups in total. The van der Waals surface area contributed by atoms with Crippen molar-refractivity contribution in [2.75, 3.05) is 24.3 Å². The van der Waals surface area contributed by atoms with Gasteiger partial charge in [-0.05, 0) is 67.6 Å². The summed E-state index contributed by atoms with van der Waals surface area (Å²) in [5.74, 6) is 0.282. The van der Waals surface area contributed by atoms with Gasteiger partial charge < -0.3 is 25.4 Å². The lowest BCUT2D eigenvalue weighted by Crippen LogP contribution is -2.41. The van der Waals surface area contributed by atoms with Gasteiger partial charge in [0.05, 0.1) is 18.8 Å². The molecule has 0 spiro atoms. The van der Waals surface area contributed by atoms with Gasteiger partial charge in [0.2, 0.25) is 17.7 Å². The number of hydrogen-bond acceptors (Lipinski definition) is 7. The molecule has 0 aromatic heterocycles. The van der Waals surface area contributed by atoms with Crippen LogP contribution in [0.3, 0.4) is 0 Å². The summed E-state index contributed by atoms with van der Waals surface area (Å²) in [6.45, 7) is 2.30. The highest BCUT2D eigenvalue weighted by atomic mass is 16.5. The van der Waals surface area contributed by atoms with Crippen LogP contribution in [0.15, 0.2) is 36.4 Å². The summed E-state index contributed by atoms with van der Waals surface area (Å²) in [6.07, 6.45) is 4.50. The molecule has 10 heteroatoms. The Kier molecular flexibility index (Phi) is 10.7. The van der Waals surface area contributed by atoms with Gasteiger partial charge >= 0.3 is 0 Å². The monoisotopic (exact) mass is 512 g/mol. The smallest absolute Gasteiger partial charge is 0.243 e. The number of nitrogens with one attached hydrogen (secondary N) is 4. The SMILES string of the molecule is COc1cc2cc(c1)COc1cccc(NC(C)=O)c1NC(=O)C(CCCCCC(=O)NO)NCCC2. The number of unbranched alkanes of at least 4 members (excludes halogenated alkanes) is 2. The van der Waals surface area contributed by atoms with E-state index in [4.69, 9.17) is 14.7 Å². The second-order valence-corrected chi connectivity index (χ2v) is 9.07. The lowest BCUT2D eigenvalue weighted by Gasteiger charge is -2.22. The minimum atomic E-state index is -0.478. The summed E-state index contributed by atoms with van der Waals surface area (Å²) in [5.41, 5.74) is 4.54. The van der Waals surface area contributed by atoms with Crippen LogP contribution < -0.4 is 30.9 Å². The van der Waals surface area contributed by atoms with Gasteiger partial charge in [0.25, 0.3) is 0 Å². The van der Waals surface area contributed by atoms with Gasteiger partial charge in [0, 0.05) is 13.3 Å². The summed E-state index contributed by atoms with van der Waals surface area (Å²) in [6, 6.07) is 10.8. The van der Waals surface area contributed by atoms with E-state index < -0.39 is 11.9 Å². The Morgan fingerprint density at radius 2 is 1.97 bits per heavy atom. The first-order valence-corrected chi connectivity index (χ1v) is 12.6. The number of benzene rings is 2.